The number of nitrogens with zero attached hydrogens (tertiary/aromatic N) is 3. The number of amides is 1. The number of thiazole rings is 1. The Labute approximate surface area is 184 Å². The van der Waals surface area contributed by atoms with E-state index in [-0.39, 0.29) is 5.91 Å². The van der Waals surface area contributed by atoms with E-state index in [4.69, 9.17) is 20.0 Å². The Morgan fingerprint density at radius 1 is 1.10 bits per heavy atom. The number of hydrogen-bond acceptors (Lipinski definition) is 7. The van der Waals surface area contributed by atoms with Gasteiger partial charge in [0, 0.05) is 30.0 Å². The van der Waals surface area contributed by atoms with Gasteiger partial charge in [0.05, 0.1) is 37.0 Å². The Hall–Kier alpha value is -3.88. The van der Waals surface area contributed by atoms with Gasteiger partial charge in [-0.1, -0.05) is 12.1 Å². The van der Waals surface area contributed by atoms with Crippen LogP contribution < -0.4 is 14.8 Å². The molecule has 3 rings (SSSR count). The van der Waals surface area contributed by atoms with E-state index in [1.165, 1.54) is 18.4 Å². The van der Waals surface area contributed by atoms with Crippen molar-refractivity contribution in [2.75, 3.05) is 19.0 Å². The van der Waals surface area contributed by atoms with Gasteiger partial charge in [-0.3, -0.25) is 4.79 Å². The average Bonchev–Trinajstić information content (AvgIpc) is 3.23. The lowest BCUT2D eigenvalue weighted by atomic mass is 10.1. The van der Waals surface area contributed by atoms with Crippen LogP contribution in [0, 0.1) is 22.7 Å². The summed E-state index contributed by atoms with van der Waals surface area (Å²) in [6.07, 6.45) is 3.26. The second-order valence-electron chi connectivity index (χ2n) is 6.59. The van der Waals surface area contributed by atoms with Crippen molar-refractivity contribution in [2.24, 2.45) is 0 Å². The zero-order valence-electron chi connectivity index (χ0n) is 16.9. The van der Waals surface area contributed by atoms with Gasteiger partial charge >= 0.3 is 0 Å². The minimum absolute atomic E-state index is 0.130. The summed E-state index contributed by atoms with van der Waals surface area (Å²) in [6.45, 7) is 0.345. The second kappa shape index (κ2) is 10.8. The molecule has 1 amide bonds. The maximum atomic E-state index is 12.2. The van der Waals surface area contributed by atoms with E-state index in [0.717, 1.165) is 10.4 Å². The number of ether oxygens (including phenoxy) is 2. The number of benzene rings is 2. The van der Waals surface area contributed by atoms with Crippen molar-refractivity contribution >= 4 is 22.4 Å². The van der Waals surface area contributed by atoms with E-state index >= 15 is 0 Å². The first-order chi connectivity index (χ1) is 15.1. The monoisotopic (exact) mass is 432 g/mol. The normalized spacial score (nSPS) is 10.0. The fraction of sp³-hybridized carbons (Fsp3) is 0.217. The minimum Gasteiger partial charge on any atom is -0.493 e. The van der Waals surface area contributed by atoms with Crippen LogP contribution >= 0.6 is 11.3 Å². The first-order valence-electron chi connectivity index (χ1n) is 9.56. The molecule has 2 aromatic carbocycles. The van der Waals surface area contributed by atoms with Crippen molar-refractivity contribution in [1.82, 2.24) is 4.98 Å². The number of rotatable bonds is 9. The summed E-state index contributed by atoms with van der Waals surface area (Å²) >= 11 is 1.43. The predicted molar refractivity (Wildman–Crippen MR) is 117 cm³/mol. The van der Waals surface area contributed by atoms with E-state index in [2.05, 4.69) is 16.4 Å². The van der Waals surface area contributed by atoms with E-state index in [1.807, 2.05) is 18.2 Å². The van der Waals surface area contributed by atoms with E-state index in [1.54, 1.807) is 36.5 Å². The predicted octanol–water partition coefficient (Wildman–Crippen LogP) is 4.28. The maximum absolute atomic E-state index is 12.2. The Balaban J connectivity index is 1.43. The van der Waals surface area contributed by atoms with Crippen LogP contribution in [0.4, 0.5) is 5.13 Å². The molecule has 0 spiro atoms. The number of aromatic nitrogens is 1. The van der Waals surface area contributed by atoms with Crippen LogP contribution in [0.1, 0.15) is 34.4 Å². The molecule has 156 valence electrons. The number of nitriles is 2. The van der Waals surface area contributed by atoms with Gasteiger partial charge in [-0.25, -0.2) is 4.98 Å². The van der Waals surface area contributed by atoms with Gasteiger partial charge in [0.1, 0.15) is 0 Å². The molecule has 0 unspecified atom stereocenters. The molecular formula is C23H20N4O3S. The number of anilines is 1. The molecule has 0 fully saturated rings. The molecule has 0 saturated heterocycles. The lowest BCUT2D eigenvalue weighted by molar-refractivity contribution is -0.116. The second-order valence-corrected chi connectivity index (χ2v) is 7.71. The number of methoxy groups -OCH3 is 1. The quantitative estimate of drug-likeness (QED) is 0.506. The Kier molecular flexibility index (Phi) is 7.58. The third kappa shape index (κ3) is 6.30. The van der Waals surface area contributed by atoms with Crippen LogP contribution in [-0.4, -0.2) is 24.6 Å². The summed E-state index contributed by atoms with van der Waals surface area (Å²) in [5.74, 6) is 0.894. The zero-order valence-corrected chi connectivity index (χ0v) is 17.7. The summed E-state index contributed by atoms with van der Waals surface area (Å²) in [4.78, 5) is 17.5. The molecule has 0 radical (unpaired) electrons. The molecule has 31 heavy (non-hydrogen) atoms. The average molecular weight is 433 g/mol. The molecule has 0 aliphatic rings. The highest BCUT2D eigenvalue weighted by atomic mass is 32.1. The highest BCUT2D eigenvalue weighted by Gasteiger charge is 2.09. The topological polar surface area (TPSA) is 108 Å². The highest BCUT2D eigenvalue weighted by Crippen LogP contribution is 2.28. The third-order valence-corrected chi connectivity index (χ3v) is 5.27. The maximum Gasteiger partial charge on any atom is 0.226 e. The molecule has 3 aromatic rings. The van der Waals surface area contributed by atoms with Gasteiger partial charge in [-0.2, -0.15) is 10.5 Å². The molecule has 0 aliphatic carbocycles. The zero-order chi connectivity index (χ0) is 22.1. The smallest absolute Gasteiger partial charge is 0.226 e. The lowest BCUT2D eigenvalue weighted by Crippen LogP contribution is -2.12. The molecule has 0 saturated carbocycles. The van der Waals surface area contributed by atoms with E-state index in [0.29, 0.717) is 53.6 Å². The molecule has 0 aliphatic heterocycles. The Bertz CT molecular complexity index is 1130. The number of hydrogen-bond donors (Lipinski definition) is 1. The molecular weight excluding hydrogens is 412 g/mol. The first-order valence-corrected chi connectivity index (χ1v) is 10.4. The van der Waals surface area contributed by atoms with Crippen LogP contribution in [0.5, 0.6) is 11.5 Å². The summed E-state index contributed by atoms with van der Waals surface area (Å²) < 4.78 is 10.9. The van der Waals surface area contributed by atoms with E-state index < -0.39 is 0 Å². The molecule has 1 heterocycles. The molecule has 8 heteroatoms. The van der Waals surface area contributed by atoms with Gasteiger partial charge < -0.3 is 14.8 Å². The SMILES string of the molecule is COc1cc(C#N)ccc1OCCCC(=O)Nc1ncc(Cc2ccc(C#N)cc2)s1. The Morgan fingerprint density at radius 2 is 1.84 bits per heavy atom. The van der Waals surface area contributed by atoms with Crippen molar-refractivity contribution in [1.29, 1.82) is 10.5 Å². The van der Waals surface area contributed by atoms with Crippen molar-refractivity contribution in [2.45, 2.75) is 19.3 Å². The third-order valence-electron chi connectivity index (χ3n) is 4.36. The minimum atomic E-state index is -0.130. The van der Waals surface area contributed by atoms with Gasteiger partial charge in [-0.05, 0) is 36.2 Å². The molecule has 0 atom stereocenters. The van der Waals surface area contributed by atoms with Crippen molar-refractivity contribution in [3.63, 3.8) is 0 Å². The lowest BCUT2D eigenvalue weighted by Gasteiger charge is -2.10. The van der Waals surface area contributed by atoms with Crippen LogP contribution in [0.2, 0.25) is 0 Å². The standard InChI is InChI=1S/C23H20N4O3S/c1-29-21-12-18(14-25)8-9-20(21)30-10-2-3-22(28)27-23-26-15-19(31-23)11-16-4-6-17(13-24)7-5-16/h4-9,12,15H,2-3,10-11H2,1H3,(H,26,27,28). The summed E-state index contributed by atoms with van der Waals surface area (Å²) in [6, 6.07) is 16.5. The van der Waals surface area contributed by atoms with Gasteiger partial charge in [0.2, 0.25) is 5.91 Å². The molecule has 1 N–H and O–H groups in total. The summed E-state index contributed by atoms with van der Waals surface area (Å²) in [5, 5.41) is 21.2. The van der Waals surface area contributed by atoms with Crippen LogP contribution in [0.15, 0.2) is 48.7 Å². The van der Waals surface area contributed by atoms with Crippen molar-refractivity contribution in [3.8, 4) is 23.6 Å². The van der Waals surface area contributed by atoms with Gasteiger partial charge in [-0.15, -0.1) is 11.3 Å². The molecule has 0 bridgehead atoms. The van der Waals surface area contributed by atoms with Crippen LogP contribution in [0.3, 0.4) is 0 Å². The number of carbonyl (C=O) groups is 1. The fourth-order valence-electron chi connectivity index (χ4n) is 2.80. The fourth-order valence-corrected chi connectivity index (χ4v) is 3.66. The highest BCUT2D eigenvalue weighted by molar-refractivity contribution is 7.15. The van der Waals surface area contributed by atoms with Crippen LogP contribution in [0.25, 0.3) is 0 Å². The number of nitrogens with one attached hydrogen (secondary N) is 1. The largest absolute Gasteiger partial charge is 0.493 e. The first kappa shape index (κ1) is 21.8. The summed E-state index contributed by atoms with van der Waals surface area (Å²) in [7, 11) is 1.51. The van der Waals surface area contributed by atoms with E-state index in [9.17, 15) is 4.79 Å². The molecule has 1 aromatic heterocycles. The van der Waals surface area contributed by atoms with Crippen molar-refractivity contribution < 1.29 is 14.3 Å². The summed E-state index contributed by atoms with van der Waals surface area (Å²) in [5.41, 5.74) is 2.20. The Morgan fingerprint density at radius 3 is 2.55 bits per heavy atom. The number of carbonyl (C=O) groups excluding carboxylic acids is 1. The van der Waals surface area contributed by atoms with Crippen LogP contribution in [-0.2, 0) is 11.2 Å². The van der Waals surface area contributed by atoms with Gasteiger partial charge in [0.25, 0.3) is 0 Å². The van der Waals surface area contributed by atoms with Gasteiger partial charge in [0.15, 0.2) is 16.6 Å². The van der Waals surface area contributed by atoms with Crippen molar-refractivity contribution in [3.05, 3.63) is 70.2 Å². The molecule has 7 nitrogen and oxygen atoms in total.